The first-order chi connectivity index (χ1) is 15.6. The number of benzene rings is 2. The zero-order valence-electron chi connectivity index (χ0n) is 18.9. The molecule has 0 saturated carbocycles. The maximum Gasteiger partial charge on any atom is 0.269 e. The molecule has 0 radical (unpaired) electrons. The van der Waals surface area contributed by atoms with Crippen molar-refractivity contribution in [3.63, 3.8) is 0 Å². The van der Waals surface area contributed by atoms with Gasteiger partial charge in [-0.2, -0.15) is 0 Å². The summed E-state index contributed by atoms with van der Waals surface area (Å²) in [5, 5.41) is 18.7. The van der Waals surface area contributed by atoms with E-state index in [1.54, 1.807) is 12.1 Å². The molecule has 2 aromatic rings. The van der Waals surface area contributed by atoms with Gasteiger partial charge in [0.05, 0.1) is 4.92 Å². The van der Waals surface area contributed by atoms with Crippen molar-refractivity contribution in [1.82, 2.24) is 16.0 Å². The van der Waals surface area contributed by atoms with Gasteiger partial charge in [-0.05, 0) is 29.2 Å². The Morgan fingerprint density at radius 2 is 1.55 bits per heavy atom. The maximum atomic E-state index is 13.0. The number of rotatable bonds is 10. The predicted molar refractivity (Wildman–Crippen MR) is 124 cm³/mol. The highest BCUT2D eigenvalue weighted by Gasteiger charge is 2.26. The van der Waals surface area contributed by atoms with Crippen molar-refractivity contribution in [3.8, 4) is 0 Å². The number of nitrogen functional groups attached to an aromatic ring is 1. The number of nitrogens with two attached hydrogens (primary N) is 1. The van der Waals surface area contributed by atoms with E-state index in [4.69, 9.17) is 5.73 Å². The molecule has 3 amide bonds. The number of aryl methyl sites for hydroxylation is 1. The monoisotopic (exact) mass is 455 g/mol. The van der Waals surface area contributed by atoms with E-state index in [0.29, 0.717) is 11.3 Å². The SMILES string of the molecule is CCc1cc(C[C@H](NC(C)=O)C(=O)NC(Cc2ccc([N+](=O)[O-])cc2)C(=O)NC)ccc1N. The summed E-state index contributed by atoms with van der Waals surface area (Å²) >= 11 is 0. The van der Waals surface area contributed by atoms with Crippen LogP contribution in [0.25, 0.3) is 0 Å². The van der Waals surface area contributed by atoms with Crippen molar-refractivity contribution in [2.24, 2.45) is 0 Å². The Morgan fingerprint density at radius 1 is 0.970 bits per heavy atom. The highest BCUT2D eigenvalue weighted by Crippen LogP contribution is 2.17. The Bertz CT molecular complexity index is 1020. The number of nitrogens with zero attached hydrogens (tertiary/aromatic N) is 1. The molecule has 2 aromatic carbocycles. The van der Waals surface area contributed by atoms with Crippen LogP contribution in [0.3, 0.4) is 0 Å². The number of non-ortho nitro benzene ring substituents is 1. The van der Waals surface area contributed by atoms with Crippen LogP contribution in [0.4, 0.5) is 11.4 Å². The van der Waals surface area contributed by atoms with Crippen LogP contribution in [0.2, 0.25) is 0 Å². The molecule has 0 aromatic heterocycles. The zero-order valence-corrected chi connectivity index (χ0v) is 18.9. The molecule has 2 rings (SSSR count). The van der Waals surface area contributed by atoms with Crippen LogP contribution in [0.1, 0.15) is 30.5 Å². The van der Waals surface area contributed by atoms with E-state index in [9.17, 15) is 24.5 Å². The number of carbonyl (C=O) groups is 3. The second kappa shape index (κ2) is 11.6. The predicted octanol–water partition coefficient (Wildman–Crippen LogP) is 1.26. The summed E-state index contributed by atoms with van der Waals surface area (Å²) in [6, 6.07) is 9.36. The number of nitrogens with one attached hydrogen (secondary N) is 3. The van der Waals surface area contributed by atoms with Gasteiger partial charge in [0.15, 0.2) is 0 Å². The molecule has 0 heterocycles. The van der Waals surface area contributed by atoms with E-state index in [0.717, 1.165) is 17.5 Å². The molecule has 10 nitrogen and oxygen atoms in total. The average Bonchev–Trinajstić information content (AvgIpc) is 2.78. The number of nitro groups is 1. The molecule has 5 N–H and O–H groups in total. The number of carbonyl (C=O) groups excluding carboxylic acids is 3. The number of hydrogen-bond donors (Lipinski definition) is 4. The molecule has 10 heteroatoms. The van der Waals surface area contributed by atoms with Crippen LogP contribution in [-0.2, 0) is 33.6 Å². The summed E-state index contributed by atoms with van der Waals surface area (Å²) in [5.74, 6) is -1.33. The lowest BCUT2D eigenvalue weighted by Crippen LogP contribution is -2.54. The summed E-state index contributed by atoms with van der Waals surface area (Å²) in [7, 11) is 1.45. The van der Waals surface area contributed by atoms with E-state index in [2.05, 4.69) is 16.0 Å². The molecule has 0 fully saturated rings. The highest BCUT2D eigenvalue weighted by molar-refractivity contribution is 5.92. The van der Waals surface area contributed by atoms with E-state index in [1.807, 2.05) is 13.0 Å². The lowest BCUT2D eigenvalue weighted by molar-refractivity contribution is -0.384. The number of amides is 3. The topological polar surface area (TPSA) is 156 Å². The first kappa shape index (κ1) is 25.3. The summed E-state index contributed by atoms with van der Waals surface area (Å²) in [4.78, 5) is 47.5. The van der Waals surface area contributed by atoms with E-state index in [1.165, 1.54) is 38.2 Å². The Kier molecular flexibility index (Phi) is 8.90. The van der Waals surface area contributed by atoms with Crippen LogP contribution in [0, 0.1) is 10.1 Å². The number of anilines is 1. The van der Waals surface area contributed by atoms with Gasteiger partial charge in [-0.1, -0.05) is 31.2 Å². The van der Waals surface area contributed by atoms with Gasteiger partial charge in [0.2, 0.25) is 17.7 Å². The Hall–Kier alpha value is -3.95. The van der Waals surface area contributed by atoms with Crippen molar-refractivity contribution < 1.29 is 19.3 Å². The third-order valence-electron chi connectivity index (χ3n) is 5.19. The quantitative estimate of drug-likeness (QED) is 0.240. The van der Waals surface area contributed by atoms with Crippen LogP contribution < -0.4 is 21.7 Å². The highest BCUT2D eigenvalue weighted by atomic mass is 16.6. The fourth-order valence-electron chi connectivity index (χ4n) is 3.43. The molecule has 0 saturated heterocycles. The van der Waals surface area contributed by atoms with Crippen molar-refractivity contribution in [2.45, 2.75) is 45.2 Å². The number of likely N-dealkylation sites (N-methyl/N-ethyl adjacent to an activating group) is 1. The van der Waals surface area contributed by atoms with Gasteiger partial charge in [-0.25, -0.2) is 0 Å². The smallest absolute Gasteiger partial charge is 0.269 e. The molecule has 2 atom stereocenters. The van der Waals surface area contributed by atoms with Crippen LogP contribution >= 0.6 is 0 Å². The lowest BCUT2D eigenvalue weighted by Gasteiger charge is -2.23. The normalized spacial score (nSPS) is 12.3. The molecule has 0 aliphatic carbocycles. The van der Waals surface area contributed by atoms with Gasteiger partial charge < -0.3 is 21.7 Å². The second-order valence-corrected chi connectivity index (χ2v) is 7.65. The molecule has 176 valence electrons. The van der Waals surface area contributed by atoms with Crippen LogP contribution in [0.15, 0.2) is 42.5 Å². The van der Waals surface area contributed by atoms with E-state index >= 15 is 0 Å². The Balaban J connectivity index is 2.20. The van der Waals surface area contributed by atoms with Gasteiger partial charge in [0.25, 0.3) is 5.69 Å². The van der Waals surface area contributed by atoms with Gasteiger partial charge >= 0.3 is 0 Å². The van der Waals surface area contributed by atoms with Crippen molar-refractivity contribution in [2.75, 3.05) is 12.8 Å². The summed E-state index contributed by atoms with van der Waals surface area (Å²) < 4.78 is 0. The third kappa shape index (κ3) is 7.30. The minimum Gasteiger partial charge on any atom is -0.399 e. The molecule has 0 aliphatic heterocycles. The second-order valence-electron chi connectivity index (χ2n) is 7.65. The van der Waals surface area contributed by atoms with E-state index in [-0.39, 0.29) is 24.4 Å². The van der Waals surface area contributed by atoms with Gasteiger partial charge in [-0.3, -0.25) is 24.5 Å². The van der Waals surface area contributed by atoms with Crippen LogP contribution in [0.5, 0.6) is 0 Å². The Labute approximate surface area is 192 Å². The maximum absolute atomic E-state index is 13.0. The third-order valence-corrected chi connectivity index (χ3v) is 5.19. The molecule has 1 unspecified atom stereocenters. The van der Waals surface area contributed by atoms with Crippen molar-refractivity contribution >= 4 is 29.1 Å². The zero-order chi connectivity index (χ0) is 24.5. The van der Waals surface area contributed by atoms with Gasteiger partial charge in [0, 0.05) is 44.6 Å². The number of nitro benzene ring substituents is 1. The minimum atomic E-state index is -0.933. The standard InChI is InChI=1S/C23H29N5O5/c1-4-17-11-16(7-10-19(17)24)13-21(26-14(2)29)23(31)27-20(22(30)25-3)12-15-5-8-18(9-6-15)28(32)33/h5-11,20-21H,4,12-13,24H2,1-3H3,(H,25,30)(H,26,29)(H,27,31)/t20?,21-/m0/s1. The summed E-state index contributed by atoms with van der Waals surface area (Å²) in [6.45, 7) is 3.29. The molecule has 0 bridgehead atoms. The lowest BCUT2D eigenvalue weighted by atomic mass is 9.99. The largest absolute Gasteiger partial charge is 0.399 e. The first-order valence-electron chi connectivity index (χ1n) is 10.5. The van der Waals surface area contributed by atoms with Crippen molar-refractivity contribution in [1.29, 1.82) is 0 Å². The fraction of sp³-hybridized carbons (Fsp3) is 0.348. The van der Waals surface area contributed by atoms with Gasteiger partial charge in [-0.15, -0.1) is 0 Å². The molecular weight excluding hydrogens is 426 g/mol. The number of hydrogen-bond acceptors (Lipinski definition) is 6. The minimum absolute atomic E-state index is 0.0695. The van der Waals surface area contributed by atoms with Gasteiger partial charge in [0.1, 0.15) is 12.1 Å². The Morgan fingerprint density at radius 3 is 2.09 bits per heavy atom. The van der Waals surface area contributed by atoms with E-state index < -0.39 is 28.8 Å². The fourth-order valence-corrected chi connectivity index (χ4v) is 3.43. The average molecular weight is 456 g/mol. The first-order valence-corrected chi connectivity index (χ1v) is 10.5. The molecule has 0 aliphatic rings. The summed E-state index contributed by atoms with van der Waals surface area (Å²) in [6.07, 6.45) is 1.07. The van der Waals surface area contributed by atoms with Crippen molar-refractivity contribution in [3.05, 3.63) is 69.3 Å². The molecule has 0 spiro atoms. The molecular formula is C23H29N5O5. The molecule has 33 heavy (non-hydrogen) atoms. The van der Waals surface area contributed by atoms with Crippen LogP contribution in [-0.4, -0.2) is 41.8 Å². The summed E-state index contributed by atoms with van der Waals surface area (Å²) in [5.41, 5.74) is 8.94.